The smallest absolute Gasteiger partial charge is 0.255 e. The lowest BCUT2D eigenvalue weighted by Gasteiger charge is -2.26. The quantitative estimate of drug-likeness (QED) is 0.0300. The lowest BCUT2D eigenvalue weighted by Crippen LogP contribution is -2.21. The van der Waals surface area contributed by atoms with Gasteiger partial charge in [0.25, 0.3) is 23.6 Å². The molecule has 4 fully saturated rings. The molecule has 0 bridgehead atoms. The van der Waals surface area contributed by atoms with Crippen LogP contribution in [-0.2, 0) is 4.79 Å². The second kappa shape index (κ2) is 40.3. The van der Waals surface area contributed by atoms with Crippen LogP contribution in [0.15, 0.2) is 171 Å². The number of carbonyl (C=O) groups excluding carboxylic acids is 5. The van der Waals surface area contributed by atoms with Crippen LogP contribution in [0.1, 0.15) is 158 Å². The molecule has 4 amide bonds. The van der Waals surface area contributed by atoms with Crippen molar-refractivity contribution in [2.24, 2.45) is 17.8 Å². The van der Waals surface area contributed by atoms with Crippen molar-refractivity contribution >= 4 is 146 Å². The maximum Gasteiger partial charge on any atom is 0.255 e. The molecule has 8 aromatic rings. The number of aliphatic hydroxyl groups excluding tert-OH is 1. The highest BCUT2D eigenvalue weighted by Gasteiger charge is 2.27. The highest BCUT2D eigenvalue weighted by atomic mass is 35.5. The monoisotopic (exact) mass is 1580 g/mol. The summed E-state index contributed by atoms with van der Waals surface area (Å²) in [6.07, 6.45) is 17.8. The molecule has 25 heteroatoms. The van der Waals surface area contributed by atoms with Gasteiger partial charge in [0.1, 0.15) is 46.5 Å². The summed E-state index contributed by atoms with van der Waals surface area (Å²) in [7, 11) is 0. The normalized spacial score (nSPS) is 17.4. The summed E-state index contributed by atoms with van der Waals surface area (Å²) >= 11 is 28.9. The molecule has 0 aromatic heterocycles. The molecule has 0 aliphatic heterocycles. The first-order valence-corrected chi connectivity index (χ1v) is 39.5. The van der Waals surface area contributed by atoms with Crippen LogP contribution in [0.4, 0.5) is 53.5 Å². The molecule has 10 nitrogen and oxygen atoms in total. The first-order valence-electron chi connectivity index (χ1n) is 34.2. The Labute approximate surface area is 638 Å². The Morgan fingerprint density at radius 1 is 0.385 bits per heavy atom. The number of halogens is 11. The highest BCUT2D eigenvalue weighted by molar-refractivity contribution is 8.00. The van der Waals surface area contributed by atoms with Gasteiger partial charge in [-0.05, 0) is 235 Å². The van der Waals surface area contributed by atoms with Gasteiger partial charge in [-0.3, -0.25) is 24.0 Å². The van der Waals surface area contributed by atoms with Crippen LogP contribution in [0.3, 0.4) is 0 Å². The van der Waals surface area contributed by atoms with E-state index in [-0.39, 0.29) is 78.3 Å². The van der Waals surface area contributed by atoms with Gasteiger partial charge in [-0.2, -0.15) is 0 Å². The molecule has 0 saturated heterocycles. The molecular weight excluding hydrogens is 1500 g/mol. The van der Waals surface area contributed by atoms with Crippen molar-refractivity contribution in [3.05, 3.63) is 235 Å². The number of hydrogen-bond acceptors (Lipinski definition) is 10. The Morgan fingerprint density at radius 2 is 0.750 bits per heavy atom. The minimum Gasteiger partial charge on any atom is -0.393 e. The number of ketones is 1. The summed E-state index contributed by atoms with van der Waals surface area (Å²) in [5.74, 6) is -1.32. The second-order valence-electron chi connectivity index (χ2n) is 25.8. The number of rotatable bonds is 19. The number of benzene rings is 8. The van der Waals surface area contributed by atoms with Crippen LogP contribution in [0.25, 0.3) is 0 Å². The van der Waals surface area contributed by atoms with Gasteiger partial charge in [-0.25, -0.2) is 30.7 Å². The molecule has 12 rings (SSSR count). The van der Waals surface area contributed by atoms with E-state index in [0.717, 1.165) is 74.2 Å². The molecule has 104 heavy (non-hydrogen) atoms. The van der Waals surface area contributed by atoms with E-state index >= 15 is 0 Å². The molecule has 8 aromatic carbocycles. The van der Waals surface area contributed by atoms with Crippen molar-refractivity contribution in [3.63, 3.8) is 0 Å². The third-order valence-corrected chi connectivity index (χ3v) is 24.3. The lowest BCUT2D eigenvalue weighted by atomic mass is 9.86. The fourth-order valence-electron chi connectivity index (χ4n) is 11.9. The van der Waals surface area contributed by atoms with Crippen LogP contribution in [0, 0.1) is 58.5 Å². The number of amides is 4. The number of aliphatic hydroxyl groups is 1. The molecule has 4 saturated carbocycles. The van der Waals surface area contributed by atoms with E-state index in [1.165, 1.54) is 202 Å². The lowest BCUT2D eigenvalue weighted by molar-refractivity contribution is -0.121. The third-order valence-electron chi connectivity index (χ3n) is 18.0. The van der Waals surface area contributed by atoms with E-state index in [0.29, 0.717) is 76.8 Å². The van der Waals surface area contributed by atoms with Crippen molar-refractivity contribution in [3.8, 4) is 0 Å². The van der Waals surface area contributed by atoms with E-state index < -0.39 is 29.2 Å². The van der Waals surface area contributed by atoms with Gasteiger partial charge in [0, 0.05) is 92.5 Å². The topological polar surface area (TPSA) is 154 Å². The minimum absolute atomic E-state index is 0.0287. The molecule has 4 aliphatic rings. The van der Waals surface area contributed by atoms with E-state index in [2.05, 4.69) is 21.3 Å². The zero-order valence-corrected chi connectivity index (χ0v) is 62.9. The van der Waals surface area contributed by atoms with Gasteiger partial charge in [-0.1, -0.05) is 91.0 Å². The number of Topliss-reactive ketones (excluding diaryl/α,β-unsaturated/α-hetero) is 1. The third kappa shape index (κ3) is 25.2. The molecule has 4 aliphatic carbocycles. The van der Waals surface area contributed by atoms with Crippen molar-refractivity contribution < 1.29 is 59.8 Å². The fourth-order valence-corrected chi connectivity index (χ4v) is 17.5. The summed E-state index contributed by atoms with van der Waals surface area (Å²) < 4.78 is 95.1. The Bertz CT molecular complexity index is 4320. The van der Waals surface area contributed by atoms with Gasteiger partial charge in [0.2, 0.25) is 0 Å². The van der Waals surface area contributed by atoms with Gasteiger partial charge in [-0.15, -0.1) is 47.0 Å². The van der Waals surface area contributed by atoms with Crippen molar-refractivity contribution in [2.45, 2.75) is 152 Å². The van der Waals surface area contributed by atoms with Gasteiger partial charge in [0.05, 0.1) is 26.2 Å². The Kier molecular flexibility index (Phi) is 31.6. The fraction of sp³-hybridized carbons (Fsp3) is 0.329. The molecule has 0 heterocycles. The Hall–Kier alpha value is -6.66. The Morgan fingerprint density at radius 3 is 1.14 bits per heavy atom. The minimum atomic E-state index is -0.570. The predicted octanol–water partition coefficient (Wildman–Crippen LogP) is 23.9. The largest absolute Gasteiger partial charge is 0.393 e. The van der Waals surface area contributed by atoms with Crippen LogP contribution >= 0.6 is 93.5 Å². The maximum atomic E-state index is 14.3. The molecule has 0 unspecified atom stereocenters. The van der Waals surface area contributed by atoms with Crippen LogP contribution in [-0.4, -0.2) is 62.6 Å². The van der Waals surface area contributed by atoms with E-state index in [4.69, 9.17) is 46.4 Å². The van der Waals surface area contributed by atoms with E-state index in [1.54, 1.807) is 36.9 Å². The number of nitrogens with one attached hydrogen (secondary N) is 4. The number of anilines is 4. The average Bonchev–Trinajstić information content (AvgIpc) is 0.909. The zero-order chi connectivity index (χ0) is 74.4. The average molecular weight is 1580 g/mol. The first-order chi connectivity index (χ1) is 49.9. The predicted molar refractivity (Wildman–Crippen MR) is 409 cm³/mol. The number of carbonyl (C=O) groups is 5. The van der Waals surface area contributed by atoms with Gasteiger partial charge >= 0.3 is 0 Å². The standard InChI is InChI=1S/C21H20ClF2NO2S.C20H20ClF2NOS.C20H21ClFNO2S.C18H16ClF2NOS/c1-12(26)13-2-6-16(7-3-13)28-20-10-14(4-8-19(20)24)21(27)25-15-5-9-18(23)17(22)11-15;21-16-11-15(7-9-17(16)22)24-20(25)14-6-8-18(23)19(10-14)26-12-13-4-2-1-3-5-13;21-18-11-14(8-9-19(18)22)23-20(25)13-4-3-7-16(10-13)26-17-6-2-1-5-15(24)12-17;19-14-9-13(5-7-15(14)20)22-18(23)12-4-6-16(21)17(8-12)24-10-11-2-1-3-11/h4-5,8-11,13,16H,2-3,6-7H2,1H3,(H,25,27);6-11,13H,1-5,12H2,(H,24,25);3-4,7-11,15,17,24H,1-2,5-6,12H2,(H,23,25);4-9,11H,1-3,10H2,(H,22,23)/t;;15-,17+;/m..1./s1. The maximum absolute atomic E-state index is 14.3. The van der Waals surface area contributed by atoms with E-state index in [9.17, 15) is 59.8 Å². The van der Waals surface area contributed by atoms with Crippen molar-refractivity contribution in [1.82, 2.24) is 0 Å². The second-order valence-corrected chi connectivity index (χ2v) is 32.3. The molecule has 0 radical (unpaired) electrons. The molecular formula is C79H77Cl4F7N4O6S4. The van der Waals surface area contributed by atoms with Gasteiger partial charge < -0.3 is 26.4 Å². The zero-order valence-electron chi connectivity index (χ0n) is 56.6. The number of thioether (sulfide) groups is 4. The SMILES string of the molecule is CC(=O)C1CCC(Sc2cc(C(=O)Nc3ccc(F)c(Cl)c3)ccc2F)CC1.O=C(Nc1ccc(F)c(Cl)c1)c1ccc(F)c(SCC2CCC2)c1.O=C(Nc1ccc(F)c(Cl)c1)c1ccc(F)c(SCC2CCCCC2)c1.O=C(Nc1ccc(F)c(Cl)c1)c1cccc(S[C@H]2CCCC[C@@H](O)C2)c1. The molecule has 0 spiro atoms. The van der Waals surface area contributed by atoms with Crippen LogP contribution in [0.2, 0.25) is 20.1 Å². The van der Waals surface area contributed by atoms with Crippen molar-refractivity contribution in [1.29, 1.82) is 0 Å². The van der Waals surface area contributed by atoms with Crippen LogP contribution in [0.5, 0.6) is 0 Å². The van der Waals surface area contributed by atoms with Crippen molar-refractivity contribution in [2.75, 3.05) is 32.8 Å². The summed E-state index contributed by atoms with van der Waals surface area (Å²) in [5, 5.41) is 21.0. The van der Waals surface area contributed by atoms with Gasteiger partial charge in [0.15, 0.2) is 0 Å². The first kappa shape index (κ1) is 81.4. The molecule has 550 valence electrons. The summed E-state index contributed by atoms with van der Waals surface area (Å²) in [6.45, 7) is 1.62. The Balaban J connectivity index is 0.000000161. The summed E-state index contributed by atoms with van der Waals surface area (Å²) in [6, 6.07) is 36.2. The summed E-state index contributed by atoms with van der Waals surface area (Å²) in [5.41, 5.74) is 3.14. The highest BCUT2D eigenvalue weighted by Crippen LogP contribution is 2.40. The molecule has 5 N–H and O–H groups in total. The van der Waals surface area contributed by atoms with Crippen LogP contribution < -0.4 is 21.3 Å². The summed E-state index contributed by atoms with van der Waals surface area (Å²) in [4.78, 5) is 63.5. The number of hydrogen-bond donors (Lipinski definition) is 5. The molecule has 2 atom stereocenters. The van der Waals surface area contributed by atoms with E-state index in [1.807, 2.05) is 18.2 Å².